The number of aromatic nitrogens is 3. The number of furan rings is 1. The van der Waals surface area contributed by atoms with E-state index in [-0.39, 0.29) is 5.69 Å². The van der Waals surface area contributed by atoms with Crippen molar-refractivity contribution in [1.82, 2.24) is 24.1 Å². The van der Waals surface area contributed by atoms with Gasteiger partial charge in [-0.05, 0) is 68.6 Å². The molecular formula is C25H33N5O3. The lowest BCUT2D eigenvalue weighted by atomic mass is 9.97. The second kappa shape index (κ2) is 10.1. The van der Waals surface area contributed by atoms with Crippen LogP contribution >= 0.6 is 0 Å². The molecule has 0 amide bonds. The van der Waals surface area contributed by atoms with Gasteiger partial charge in [-0.25, -0.2) is 14.0 Å². The molecule has 2 aromatic heterocycles. The number of hydrogen-bond acceptors (Lipinski definition) is 6. The van der Waals surface area contributed by atoms with Crippen LogP contribution in [0.1, 0.15) is 29.9 Å². The van der Waals surface area contributed by atoms with Gasteiger partial charge in [-0.15, -0.1) is 0 Å². The third-order valence-electron chi connectivity index (χ3n) is 6.77. The van der Waals surface area contributed by atoms with E-state index in [2.05, 4.69) is 33.1 Å². The van der Waals surface area contributed by atoms with Crippen molar-refractivity contribution in [3.8, 4) is 5.69 Å². The smallest absolute Gasteiger partial charge is 0.350 e. The first kappa shape index (κ1) is 22.1. The Morgan fingerprint density at radius 2 is 1.67 bits per heavy atom. The molecule has 0 saturated carbocycles. The molecule has 0 aliphatic carbocycles. The van der Waals surface area contributed by atoms with Crippen LogP contribution in [0.4, 0.5) is 0 Å². The SMILES string of the molecule is Cc1ccc(CN2CCC(Cn3ncn(-c4ccc(CN5CCOCC5)cc4)c3=O)CC2)o1. The van der Waals surface area contributed by atoms with Crippen LogP contribution in [0, 0.1) is 12.8 Å². The molecule has 0 N–H and O–H groups in total. The van der Waals surface area contributed by atoms with E-state index < -0.39 is 0 Å². The highest BCUT2D eigenvalue weighted by molar-refractivity contribution is 5.34. The fraction of sp³-hybridized carbons (Fsp3) is 0.520. The summed E-state index contributed by atoms with van der Waals surface area (Å²) in [6.07, 6.45) is 3.78. The van der Waals surface area contributed by atoms with Gasteiger partial charge in [-0.1, -0.05) is 12.1 Å². The van der Waals surface area contributed by atoms with E-state index in [0.29, 0.717) is 12.5 Å². The number of morpholine rings is 1. The quantitative estimate of drug-likeness (QED) is 0.550. The Morgan fingerprint density at radius 3 is 2.36 bits per heavy atom. The summed E-state index contributed by atoms with van der Waals surface area (Å²) < 4.78 is 14.4. The first-order valence-corrected chi connectivity index (χ1v) is 12.0. The number of rotatable bonds is 7. The Bertz CT molecular complexity index is 1090. The largest absolute Gasteiger partial charge is 0.465 e. The molecule has 8 heteroatoms. The van der Waals surface area contributed by atoms with Gasteiger partial charge < -0.3 is 9.15 Å². The maximum Gasteiger partial charge on any atom is 0.350 e. The van der Waals surface area contributed by atoms with Crippen molar-refractivity contribution in [1.29, 1.82) is 0 Å². The Balaban J connectivity index is 1.15. The summed E-state index contributed by atoms with van der Waals surface area (Å²) in [5.41, 5.74) is 2.04. The Hall–Kier alpha value is -2.68. The number of nitrogens with zero attached hydrogens (tertiary/aromatic N) is 5. The molecule has 4 heterocycles. The minimum absolute atomic E-state index is 0.0654. The zero-order valence-corrected chi connectivity index (χ0v) is 19.4. The second-order valence-electron chi connectivity index (χ2n) is 9.25. The fourth-order valence-corrected chi connectivity index (χ4v) is 4.78. The molecule has 2 aliphatic rings. The fourth-order valence-electron chi connectivity index (χ4n) is 4.78. The molecule has 0 unspecified atom stereocenters. The van der Waals surface area contributed by atoms with E-state index in [4.69, 9.17) is 9.15 Å². The topological polar surface area (TPSA) is 68.7 Å². The minimum atomic E-state index is -0.0654. The number of likely N-dealkylation sites (tertiary alicyclic amines) is 1. The molecule has 8 nitrogen and oxygen atoms in total. The maximum atomic E-state index is 13.0. The van der Waals surface area contributed by atoms with E-state index in [0.717, 1.165) is 82.5 Å². The van der Waals surface area contributed by atoms with Gasteiger partial charge >= 0.3 is 5.69 Å². The van der Waals surface area contributed by atoms with Crippen molar-refractivity contribution in [3.05, 3.63) is 70.3 Å². The standard InChI is InChI=1S/C25H33N5O3/c1-20-2-7-24(33-20)18-27-10-8-22(9-11-27)17-30-25(31)29(19-26-30)23-5-3-21(4-6-23)16-28-12-14-32-15-13-28/h2-7,19,22H,8-18H2,1H3. The van der Waals surface area contributed by atoms with Crippen molar-refractivity contribution in [2.75, 3.05) is 39.4 Å². The van der Waals surface area contributed by atoms with Crippen LogP contribution in [0.25, 0.3) is 5.69 Å². The molecule has 0 atom stereocenters. The number of hydrogen-bond donors (Lipinski definition) is 0. The summed E-state index contributed by atoms with van der Waals surface area (Å²) in [6.45, 7) is 10.00. The second-order valence-corrected chi connectivity index (χ2v) is 9.25. The summed E-state index contributed by atoms with van der Waals surface area (Å²) in [7, 11) is 0. The summed E-state index contributed by atoms with van der Waals surface area (Å²) in [5.74, 6) is 2.45. The van der Waals surface area contributed by atoms with E-state index in [9.17, 15) is 4.79 Å². The van der Waals surface area contributed by atoms with Crippen LogP contribution in [-0.2, 0) is 24.4 Å². The Labute approximate surface area is 194 Å². The monoisotopic (exact) mass is 451 g/mol. The molecule has 0 bridgehead atoms. The molecule has 1 aromatic carbocycles. The average molecular weight is 452 g/mol. The minimum Gasteiger partial charge on any atom is -0.465 e. The summed E-state index contributed by atoms with van der Waals surface area (Å²) in [4.78, 5) is 17.8. The van der Waals surface area contributed by atoms with Gasteiger partial charge in [0.25, 0.3) is 0 Å². The lowest BCUT2D eigenvalue weighted by Gasteiger charge is -2.31. The van der Waals surface area contributed by atoms with Crippen LogP contribution in [0.3, 0.4) is 0 Å². The molecule has 0 spiro atoms. The Kier molecular flexibility index (Phi) is 6.75. The van der Waals surface area contributed by atoms with E-state index in [1.807, 2.05) is 25.1 Å². The molecule has 2 saturated heterocycles. The number of benzene rings is 1. The zero-order chi connectivity index (χ0) is 22.6. The van der Waals surface area contributed by atoms with Gasteiger partial charge in [-0.3, -0.25) is 9.80 Å². The molecule has 33 heavy (non-hydrogen) atoms. The lowest BCUT2D eigenvalue weighted by Crippen LogP contribution is -2.36. The van der Waals surface area contributed by atoms with Gasteiger partial charge in [0.1, 0.15) is 17.8 Å². The van der Waals surface area contributed by atoms with Crippen LogP contribution in [-0.4, -0.2) is 63.5 Å². The van der Waals surface area contributed by atoms with E-state index in [1.165, 1.54) is 5.56 Å². The molecule has 2 aliphatic heterocycles. The normalized spacial score (nSPS) is 18.7. The summed E-state index contributed by atoms with van der Waals surface area (Å²) >= 11 is 0. The first-order chi connectivity index (χ1) is 16.1. The van der Waals surface area contributed by atoms with Gasteiger partial charge in [0.2, 0.25) is 0 Å². The zero-order valence-electron chi connectivity index (χ0n) is 19.4. The van der Waals surface area contributed by atoms with Crippen molar-refractivity contribution in [3.63, 3.8) is 0 Å². The number of aryl methyl sites for hydroxylation is 1. The van der Waals surface area contributed by atoms with Crippen LogP contribution in [0.15, 0.2) is 51.9 Å². The van der Waals surface area contributed by atoms with Gasteiger partial charge in [0, 0.05) is 26.2 Å². The third-order valence-corrected chi connectivity index (χ3v) is 6.77. The van der Waals surface area contributed by atoms with Crippen LogP contribution in [0.2, 0.25) is 0 Å². The van der Waals surface area contributed by atoms with E-state index in [1.54, 1.807) is 15.6 Å². The van der Waals surface area contributed by atoms with Crippen LogP contribution < -0.4 is 5.69 Å². The molecule has 176 valence electrons. The highest BCUT2D eigenvalue weighted by Crippen LogP contribution is 2.21. The van der Waals surface area contributed by atoms with Crippen molar-refractivity contribution >= 4 is 0 Å². The number of piperidine rings is 1. The van der Waals surface area contributed by atoms with Crippen molar-refractivity contribution in [2.45, 2.75) is 39.4 Å². The average Bonchev–Trinajstić information content (AvgIpc) is 3.41. The lowest BCUT2D eigenvalue weighted by molar-refractivity contribution is 0.0342. The van der Waals surface area contributed by atoms with Gasteiger partial charge in [-0.2, -0.15) is 5.10 Å². The molecule has 3 aromatic rings. The maximum absolute atomic E-state index is 13.0. The highest BCUT2D eigenvalue weighted by Gasteiger charge is 2.22. The van der Waals surface area contributed by atoms with Crippen LogP contribution in [0.5, 0.6) is 0 Å². The Morgan fingerprint density at radius 1 is 0.939 bits per heavy atom. The van der Waals surface area contributed by atoms with E-state index >= 15 is 0 Å². The first-order valence-electron chi connectivity index (χ1n) is 12.0. The predicted octanol–water partition coefficient (Wildman–Crippen LogP) is 2.68. The van der Waals surface area contributed by atoms with Gasteiger partial charge in [0.05, 0.1) is 25.4 Å². The molecular weight excluding hydrogens is 418 g/mol. The summed E-state index contributed by atoms with van der Waals surface area (Å²) in [5, 5.41) is 4.41. The third kappa shape index (κ3) is 5.46. The van der Waals surface area contributed by atoms with Crippen molar-refractivity contribution < 1.29 is 9.15 Å². The van der Waals surface area contributed by atoms with Gasteiger partial charge in [0.15, 0.2) is 0 Å². The molecule has 5 rings (SSSR count). The molecule has 2 fully saturated rings. The number of ether oxygens (including phenoxy) is 1. The predicted molar refractivity (Wildman–Crippen MR) is 125 cm³/mol. The highest BCUT2D eigenvalue weighted by atomic mass is 16.5. The summed E-state index contributed by atoms with van der Waals surface area (Å²) in [6, 6.07) is 12.3. The molecule has 0 radical (unpaired) electrons. The van der Waals surface area contributed by atoms with Crippen molar-refractivity contribution in [2.24, 2.45) is 5.92 Å².